The van der Waals surface area contributed by atoms with Crippen LogP contribution in [0, 0.1) is 0 Å². The van der Waals surface area contributed by atoms with Crippen LogP contribution in [0.15, 0.2) is 5.38 Å². The molecular weight excluding hydrogens is 218 g/mol. The maximum Gasteiger partial charge on any atom is 0.256 e. The predicted molar refractivity (Wildman–Crippen MR) is 58.5 cm³/mol. The van der Waals surface area contributed by atoms with Crippen LogP contribution in [0.25, 0.3) is 0 Å². The lowest BCUT2D eigenvalue weighted by Crippen LogP contribution is -2.45. The third-order valence-corrected chi connectivity index (χ3v) is 3.32. The van der Waals surface area contributed by atoms with E-state index in [-0.39, 0.29) is 6.42 Å². The van der Waals surface area contributed by atoms with Gasteiger partial charge in [-0.3, -0.25) is 0 Å². The van der Waals surface area contributed by atoms with Crippen LogP contribution >= 0.6 is 11.3 Å². The van der Waals surface area contributed by atoms with Gasteiger partial charge in [-0.1, -0.05) is 13.8 Å². The van der Waals surface area contributed by atoms with Crippen molar-refractivity contribution >= 4 is 11.3 Å². The van der Waals surface area contributed by atoms with Crippen LogP contribution in [0.4, 0.5) is 8.78 Å². The molecule has 0 saturated carbocycles. The van der Waals surface area contributed by atoms with Gasteiger partial charge in [0.15, 0.2) is 0 Å². The Labute approximate surface area is 92.5 Å². The average molecular weight is 234 g/mol. The maximum absolute atomic E-state index is 12.5. The molecule has 86 valence electrons. The summed E-state index contributed by atoms with van der Waals surface area (Å²) in [5.74, 6) is 0.333. The Bertz CT molecular complexity index is 321. The Morgan fingerprint density at radius 2 is 2.13 bits per heavy atom. The third-order valence-electron chi connectivity index (χ3n) is 2.12. The molecule has 0 spiro atoms. The number of rotatable bonds is 4. The van der Waals surface area contributed by atoms with Crippen LogP contribution in [-0.2, 0) is 6.42 Å². The number of hydrogen-bond acceptors (Lipinski definition) is 3. The zero-order chi connectivity index (χ0) is 11.6. The van der Waals surface area contributed by atoms with Crippen LogP contribution in [0.2, 0.25) is 0 Å². The number of aromatic nitrogens is 1. The highest BCUT2D eigenvalue weighted by Crippen LogP contribution is 2.23. The van der Waals surface area contributed by atoms with E-state index >= 15 is 0 Å². The number of nitrogens with zero attached hydrogens (tertiary/aromatic N) is 1. The molecule has 0 aliphatic carbocycles. The molecule has 0 fully saturated rings. The van der Waals surface area contributed by atoms with Gasteiger partial charge in [0, 0.05) is 17.7 Å². The first kappa shape index (κ1) is 12.5. The van der Waals surface area contributed by atoms with Crippen molar-refractivity contribution in [3.8, 4) is 0 Å². The van der Waals surface area contributed by atoms with Crippen molar-refractivity contribution in [1.82, 2.24) is 4.98 Å². The second kappa shape index (κ2) is 4.53. The van der Waals surface area contributed by atoms with E-state index in [0.717, 1.165) is 5.01 Å². The quantitative estimate of drug-likeness (QED) is 0.870. The Morgan fingerprint density at radius 1 is 1.53 bits per heavy atom. The lowest BCUT2D eigenvalue weighted by atomic mass is 9.98. The van der Waals surface area contributed by atoms with E-state index in [1.807, 2.05) is 19.2 Å². The van der Waals surface area contributed by atoms with Gasteiger partial charge in [0.05, 0.1) is 16.2 Å². The Hall–Kier alpha value is -0.550. The molecule has 0 amide bonds. The second-order valence-electron chi connectivity index (χ2n) is 4.32. The largest absolute Gasteiger partial charge is 0.320 e. The minimum absolute atomic E-state index is 0.119. The normalized spacial score (nSPS) is 16.0. The zero-order valence-corrected chi connectivity index (χ0v) is 9.94. The number of thiazole rings is 1. The predicted octanol–water partition coefficient (Wildman–Crippen LogP) is 2.79. The summed E-state index contributed by atoms with van der Waals surface area (Å²) in [5.41, 5.74) is 4.67. The van der Waals surface area contributed by atoms with Crippen LogP contribution < -0.4 is 5.73 Å². The summed E-state index contributed by atoms with van der Waals surface area (Å²) in [6.45, 7) is 5.40. The molecule has 15 heavy (non-hydrogen) atoms. The van der Waals surface area contributed by atoms with Gasteiger partial charge in [-0.05, 0) is 6.92 Å². The standard InChI is InChI=1S/C10H16F2N2S/c1-6(2)8-14-7(5-15-8)4-10(3,13)9(11)12/h5-6,9H,4,13H2,1-3H3. The van der Waals surface area contributed by atoms with Gasteiger partial charge in [0.25, 0.3) is 6.43 Å². The first-order chi connectivity index (χ1) is 6.83. The molecule has 0 saturated heterocycles. The molecular formula is C10H16F2N2S. The van der Waals surface area contributed by atoms with Crippen molar-refractivity contribution in [2.24, 2.45) is 5.73 Å². The van der Waals surface area contributed by atoms with E-state index < -0.39 is 12.0 Å². The summed E-state index contributed by atoms with van der Waals surface area (Å²) in [5, 5.41) is 2.78. The molecule has 2 N–H and O–H groups in total. The second-order valence-corrected chi connectivity index (χ2v) is 5.20. The fourth-order valence-corrected chi connectivity index (χ4v) is 1.97. The molecule has 0 aromatic carbocycles. The fourth-order valence-electron chi connectivity index (χ4n) is 1.14. The maximum atomic E-state index is 12.5. The lowest BCUT2D eigenvalue weighted by Gasteiger charge is -2.22. The van der Waals surface area contributed by atoms with Crippen molar-refractivity contribution in [2.45, 2.75) is 45.1 Å². The van der Waals surface area contributed by atoms with Gasteiger partial charge >= 0.3 is 0 Å². The molecule has 2 nitrogen and oxygen atoms in total. The van der Waals surface area contributed by atoms with Crippen LogP contribution in [0.5, 0.6) is 0 Å². The number of hydrogen-bond donors (Lipinski definition) is 1. The molecule has 1 atom stereocenters. The number of halogens is 2. The van der Waals surface area contributed by atoms with E-state index in [9.17, 15) is 8.78 Å². The van der Waals surface area contributed by atoms with Gasteiger partial charge in [0.1, 0.15) is 0 Å². The molecule has 5 heteroatoms. The van der Waals surface area contributed by atoms with Gasteiger partial charge < -0.3 is 5.73 Å². The molecule has 0 aliphatic heterocycles. The molecule has 0 bridgehead atoms. The first-order valence-corrected chi connectivity index (χ1v) is 5.72. The molecule has 1 aromatic rings. The Morgan fingerprint density at radius 3 is 2.53 bits per heavy atom. The minimum Gasteiger partial charge on any atom is -0.320 e. The van der Waals surface area contributed by atoms with Crippen LogP contribution in [0.3, 0.4) is 0 Å². The molecule has 1 unspecified atom stereocenters. The minimum atomic E-state index is -2.53. The molecule has 0 aliphatic rings. The highest BCUT2D eigenvalue weighted by molar-refractivity contribution is 7.09. The van der Waals surface area contributed by atoms with Gasteiger partial charge in [-0.2, -0.15) is 0 Å². The highest BCUT2D eigenvalue weighted by atomic mass is 32.1. The van der Waals surface area contributed by atoms with Crippen LogP contribution in [-0.4, -0.2) is 16.9 Å². The Balaban J connectivity index is 2.73. The van der Waals surface area contributed by atoms with E-state index in [0.29, 0.717) is 11.6 Å². The van der Waals surface area contributed by atoms with E-state index in [2.05, 4.69) is 4.98 Å². The molecule has 1 rings (SSSR count). The monoisotopic (exact) mass is 234 g/mol. The molecule has 1 heterocycles. The number of alkyl halides is 2. The summed E-state index contributed by atoms with van der Waals surface area (Å²) < 4.78 is 25.0. The smallest absolute Gasteiger partial charge is 0.256 e. The van der Waals surface area contributed by atoms with E-state index in [4.69, 9.17) is 5.73 Å². The zero-order valence-electron chi connectivity index (χ0n) is 9.13. The fraction of sp³-hybridized carbons (Fsp3) is 0.700. The topological polar surface area (TPSA) is 38.9 Å². The highest BCUT2D eigenvalue weighted by Gasteiger charge is 2.31. The molecule has 0 radical (unpaired) electrons. The third kappa shape index (κ3) is 3.21. The first-order valence-electron chi connectivity index (χ1n) is 4.84. The summed E-state index contributed by atoms with van der Waals surface area (Å²) in [4.78, 5) is 4.28. The lowest BCUT2D eigenvalue weighted by molar-refractivity contribution is 0.0634. The van der Waals surface area contributed by atoms with Crippen LogP contribution in [0.1, 0.15) is 37.4 Å². The van der Waals surface area contributed by atoms with Crippen molar-refractivity contribution in [2.75, 3.05) is 0 Å². The van der Waals surface area contributed by atoms with Crippen molar-refractivity contribution in [1.29, 1.82) is 0 Å². The van der Waals surface area contributed by atoms with Gasteiger partial charge in [0.2, 0.25) is 0 Å². The van der Waals surface area contributed by atoms with Crippen molar-refractivity contribution in [3.05, 3.63) is 16.1 Å². The SMILES string of the molecule is CC(C)c1nc(CC(C)(N)C(F)F)cs1. The summed E-state index contributed by atoms with van der Waals surface area (Å²) in [7, 11) is 0. The Kier molecular flexibility index (Phi) is 3.78. The van der Waals surface area contributed by atoms with Crippen molar-refractivity contribution < 1.29 is 8.78 Å². The van der Waals surface area contributed by atoms with Crippen molar-refractivity contribution in [3.63, 3.8) is 0 Å². The van der Waals surface area contributed by atoms with E-state index in [1.165, 1.54) is 18.3 Å². The van der Waals surface area contributed by atoms with Gasteiger partial charge in [-0.25, -0.2) is 13.8 Å². The summed E-state index contributed by atoms with van der Waals surface area (Å²) >= 11 is 1.50. The average Bonchev–Trinajstić information content (AvgIpc) is 2.51. The summed E-state index contributed by atoms with van der Waals surface area (Å²) in [6, 6.07) is 0. The van der Waals surface area contributed by atoms with E-state index in [1.54, 1.807) is 0 Å². The number of nitrogens with two attached hydrogens (primary N) is 1. The van der Waals surface area contributed by atoms with Gasteiger partial charge in [-0.15, -0.1) is 11.3 Å². The summed E-state index contributed by atoms with van der Waals surface area (Å²) in [6.07, 6.45) is -2.41. The molecule has 1 aromatic heterocycles.